The zero-order valence-corrected chi connectivity index (χ0v) is 10.8. The summed E-state index contributed by atoms with van der Waals surface area (Å²) in [5, 5.41) is 6.32. The molecule has 5 heteroatoms. The predicted octanol–water partition coefficient (Wildman–Crippen LogP) is 1.09. The van der Waals surface area contributed by atoms with Crippen LogP contribution in [0.4, 0.5) is 0 Å². The topological polar surface area (TPSA) is 50.4 Å². The number of piperidine rings is 1. The number of carbonyl (C=O) groups excluding carboxylic acids is 1. The van der Waals surface area contributed by atoms with Crippen molar-refractivity contribution in [2.24, 2.45) is 0 Å². The summed E-state index contributed by atoms with van der Waals surface area (Å²) in [6, 6.07) is 0.332. The Balaban J connectivity index is 0.00000225. The standard InChI is InChI=1S/C11H22N2O2.ClH/c1-2-15-8-4-6-11(14)13-10-5-3-7-12-9-10;/h10,12H,2-9H2,1H3,(H,13,14);1H. The minimum absolute atomic E-state index is 0. The highest BCUT2D eigenvalue weighted by Gasteiger charge is 2.14. The van der Waals surface area contributed by atoms with Crippen molar-refractivity contribution in [3.05, 3.63) is 0 Å². The van der Waals surface area contributed by atoms with Gasteiger partial charge in [0, 0.05) is 32.2 Å². The quantitative estimate of drug-likeness (QED) is 0.694. The first kappa shape index (κ1) is 15.7. The van der Waals surface area contributed by atoms with Crippen LogP contribution < -0.4 is 10.6 Å². The van der Waals surface area contributed by atoms with Crippen LogP contribution in [-0.4, -0.2) is 38.3 Å². The van der Waals surface area contributed by atoms with E-state index in [9.17, 15) is 4.79 Å². The Labute approximate surface area is 104 Å². The maximum Gasteiger partial charge on any atom is 0.220 e. The van der Waals surface area contributed by atoms with Crippen LogP contribution >= 0.6 is 12.4 Å². The van der Waals surface area contributed by atoms with Gasteiger partial charge in [0.05, 0.1) is 0 Å². The molecule has 1 aliphatic rings. The van der Waals surface area contributed by atoms with Crippen LogP contribution in [0.2, 0.25) is 0 Å². The largest absolute Gasteiger partial charge is 0.382 e. The number of amides is 1. The lowest BCUT2D eigenvalue weighted by Gasteiger charge is -2.23. The number of nitrogens with one attached hydrogen (secondary N) is 2. The SMILES string of the molecule is CCOCCCC(=O)NC1CCCNC1.Cl. The summed E-state index contributed by atoms with van der Waals surface area (Å²) in [4.78, 5) is 11.5. The Morgan fingerprint density at radius 2 is 2.38 bits per heavy atom. The lowest BCUT2D eigenvalue weighted by atomic mass is 10.1. The second-order valence-electron chi connectivity index (χ2n) is 3.91. The number of hydrogen-bond donors (Lipinski definition) is 2. The molecule has 0 aromatic carbocycles. The fourth-order valence-corrected chi connectivity index (χ4v) is 1.75. The first-order valence-corrected chi connectivity index (χ1v) is 5.90. The van der Waals surface area contributed by atoms with E-state index in [0.29, 0.717) is 19.1 Å². The predicted molar refractivity (Wildman–Crippen MR) is 67.0 cm³/mol. The number of carbonyl (C=O) groups is 1. The highest BCUT2D eigenvalue weighted by molar-refractivity contribution is 5.85. The normalized spacial score (nSPS) is 19.9. The van der Waals surface area contributed by atoms with Gasteiger partial charge in [0.1, 0.15) is 0 Å². The van der Waals surface area contributed by atoms with Crippen molar-refractivity contribution in [1.29, 1.82) is 0 Å². The molecule has 1 unspecified atom stereocenters. The summed E-state index contributed by atoms with van der Waals surface area (Å²) in [5.41, 5.74) is 0. The molecule has 1 saturated heterocycles. The summed E-state index contributed by atoms with van der Waals surface area (Å²) >= 11 is 0. The number of ether oxygens (including phenoxy) is 1. The Bertz CT molecular complexity index is 185. The number of rotatable bonds is 6. The van der Waals surface area contributed by atoms with Crippen LogP contribution in [0.5, 0.6) is 0 Å². The van der Waals surface area contributed by atoms with Crippen molar-refractivity contribution in [1.82, 2.24) is 10.6 Å². The maximum atomic E-state index is 11.5. The van der Waals surface area contributed by atoms with Crippen molar-refractivity contribution < 1.29 is 9.53 Å². The van der Waals surface area contributed by atoms with Crippen molar-refractivity contribution in [2.45, 2.75) is 38.6 Å². The smallest absolute Gasteiger partial charge is 0.220 e. The first-order chi connectivity index (χ1) is 7.33. The van der Waals surface area contributed by atoms with E-state index in [1.807, 2.05) is 6.92 Å². The van der Waals surface area contributed by atoms with Crippen LogP contribution in [0.25, 0.3) is 0 Å². The van der Waals surface area contributed by atoms with Gasteiger partial charge in [0.2, 0.25) is 5.91 Å². The molecule has 0 aromatic rings. The van der Waals surface area contributed by atoms with Gasteiger partial charge < -0.3 is 15.4 Å². The summed E-state index contributed by atoms with van der Waals surface area (Å²) in [6.07, 6.45) is 3.66. The van der Waals surface area contributed by atoms with E-state index in [1.54, 1.807) is 0 Å². The molecule has 1 rings (SSSR count). The average molecular weight is 251 g/mol. The third-order valence-corrected chi connectivity index (χ3v) is 2.56. The van der Waals surface area contributed by atoms with E-state index in [4.69, 9.17) is 4.74 Å². The number of halogens is 1. The molecule has 2 N–H and O–H groups in total. The highest BCUT2D eigenvalue weighted by atomic mass is 35.5. The molecule has 16 heavy (non-hydrogen) atoms. The zero-order chi connectivity index (χ0) is 10.9. The fourth-order valence-electron chi connectivity index (χ4n) is 1.75. The van der Waals surface area contributed by atoms with E-state index in [2.05, 4.69) is 10.6 Å². The third kappa shape index (κ3) is 7.04. The summed E-state index contributed by atoms with van der Waals surface area (Å²) in [7, 11) is 0. The van der Waals surface area contributed by atoms with Crippen LogP contribution in [0, 0.1) is 0 Å². The van der Waals surface area contributed by atoms with Crippen molar-refractivity contribution in [3.63, 3.8) is 0 Å². The fraction of sp³-hybridized carbons (Fsp3) is 0.909. The molecular formula is C11H23ClN2O2. The van der Waals surface area contributed by atoms with Crippen molar-refractivity contribution in [3.8, 4) is 0 Å². The van der Waals surface area contributed by atoms with Gasteiger partial charge in [-0.05, 0) is 32.7 Å². The molecule has 1 amide bonds. The van der Waals surface area contributed by atoms with Gasteiger partial charge in [-0.15, -0.1) is 12.4 Å². The van der Waals surface area contributed by atoms with Gasteiger partial charge in [-0.3, -0.25) is 4.79 Å². The third-order valence-electron chi connectivity index (χ3n) is 2.56. The average Bonchev–Trinajstić information content (AvgIpc) is 2.26. The van der Waals surface area contributed by atoms with Gasteiger partial charge in [-0.25, -0.2) is 0 Å². The van der Waals surface area contributed by atoms with Crippen LogP contribution in [-0.2, 0) is 9.53 Å². The minimum atomic E-state index is 0. The van der Waals surface area contributed by atoms with Gasteiger partial charge in [-0.2, -0.15) is 0 Å². The molecule has 0 spiro atoms. The second kappa shape index (κ2) is 9.87. The summed E-state index contributed by atoms with van der Waals surface area (Å²) in [6.45, 7) is 5.38. The highest BCUT2D eigenvalue weighted by Crippen LogP contribution is 2.02. The Morgan fingerprint density at radius 3 is 3.00 bits per heavy atom. The summed E-state index contributed by atoms with van der Waals surface area (Å²) in [5.74, 6) is 0.156. The van der Waals surface area contributed by atoms with Crippen LogP contribution in [0.1, 0.15) is 32.6 Å². The maximum absolute atomic E-state index is 11.5. The molecule has 0 bridgehead atoms. The molecule has 96 valence electrons. The van der Waals surface area contributed by atoms with Gasteiger partial charge in [0.25, 0.3) is 0 Å². The monoisotopic (exact) mass is 250 g/mol. The molecule has 1 heterocycles. The second-order valence-corrected chi connectivity index (χ2v) is 3.91. The minimum Gasteiger partial charge on any atom is -0.382 e. The number of hydrogen-bond acceptors (Lipinski definition) is 3. The molecule has 1 fully saturated rings. The van der Waals surface area contributed by atoms with E-state index in [-0.39, 0.29) is 18.3 Å². The molecule has 4 nitrogen and oxygen atoms in total. The van der Waals surface area contributed by atoms with E-state index in [0.717, 1.165) is 39.0 Å². The van der Waals surface area contributed by atoms with E-state index >= 15 is 0 Å². The molecular weight excluding hydrogens is 228 g/mol. The van der Waals surface area contributed by atoms with E-state index < -0.39 is 0 Å². The van der Waals surface area contributed by atoms with Crippen molar-refractivity contribution in [2.75, 3.05) is 26.3 Å². The Morgan fingerprint density at radius 1 is 1.56 bits per heavy atom. The lowest BCUT2D eigenvalue weighted by Crippen LogP contribution is -2.45. The Kier molecular flexibility index (Phi) is 9.68. The summed E-state index contributed by atoms with van der Waals surface area (Å²) < 4.78 is 5.18. The van der Waals surface area contributed by atoms with Crippen LogP contribution in [0.3, 0.4) is 0 Å². The van der Waals surface area contributed by atoms with Crippen molar-refractivity contribution >= 4 is 18.3 Å². The molecule has 0 aromatic heterocycles. The molecule has 0 radical (unpaired) electrons. The Hall–Kier alpha value is -0.320. The molecule has 0 aliphatic carbocycles. The van der Waals surface area contributed by atoms with E-state index in [1.165, 1.54) is 0 Å². The van der Waals surface area contributed by atoms with Gasteiger partial charge in [0.15, 0.2) is 0 Å². The molecule has 1 aliphatic heterocycles. The first-order valence-electron chi connectivity index (χ1n) is 5.90. The molecule has 1 atom stereocenters. The van der Waals surface area contributed by atoms with Gasteiger partial charge >= 0.3 is 0 Å². The zero-order valence-electron chi connectivity index (χ0n) is 9.96. The lowest BCUT2D eigenvalue weighted by molar-refractivity contribution is -0.122. The van der Waals surface area contributed by atoms with Crippen LogP contribution in [0.15, 0.2) is 0 Å². The molecule has 0 saturated carbocycles. The van der Waals surface area contributed by atoms with Gasteiger partial charge in [-0.1, -0.05) is 0 Å².